The number of carbonyl (C=O) groups is 1. The number of hydrazine groups is 1. The van der Waals surface area contributed by atoms with Crippen LogP contribution in [0.1, 0.15) is 26.7 Å². The Hall–Kier alpha value is -0.650. The molecule has 5 heteroatoms. The zero-order chi connectivity index (χ0) is 11.7. The number of ether oxygens (including phenoxy) is 1. The maximum atomic E-state index is 10.9. The lowest BCUT2D eigenvalue weighted by molar-refractivity contribution is -0.121. The highest BCUT2D eigenvalue weighted by atomic mass is 16.5. The van der Waals surface area contributed by atoms with Gasteiger partial charge in [0.05, 0.1) is 6.61 Å². The average molecular weight is 217 g/mol. The normalized spacial score (nSPS) is 11.1. The van der Waals surface area contributed by atoms with Gasteiger partial charge in [0.15, 0.2) is 0 Å². The predicted molar refractivity (Wildman–Crippen MR) is 60.1 cm³/mol. The van der Waals surface area contributed by atoms with E-state index in [-0.39, 0.29) is 5.91 Å². The maximum absolute atomic E-state index is 10.9. The summed E-state index contributed by atoms with van der Waals surface area (Å²) in [4.78, 5) is 13.2. The van der Waals surface area contributed by atoms with E-state index in [1.54, 1.807) is 7.11 Å². The Labute approximate surface area is 91.9 Å². The molecule has 0 unspecified atom stereocenters. The fraction of sp³-hybridized carbons (Fsp3) is 0.900. The third-order valence-electron chi connectivity index (χ3n) is 2.32. The maximum Gasteiger partial charge on any atom is 0.233 e. The van der Waals surface area contributed by atoms with Crippen LogP contribution >= 0.6 is 0 Å². The molecule has 0 radical (unpaired) electrons. The average Bonchev–Trinajstić information content (AvgIpc) is 2.22. The number of hydrogen-bond donors (Lipinski definition) is 2. The lowest BCUT2D eigenvalue weighted by atomic mass is 10.2. The number of nitrogens with one attached hydrogen (secondary N) is 1. The molecule has 0 heterocycles. The molecule has 0 aromatic heterocycles. The minimum atomic E-state index is -0.106. The number of amides is 1. The zero-order valence-corrected chi connectivity index (χ0v) is 9.95. The highest BCUT2D eigenvalue weighted by molar-refractivity contribution is 5.75. The van der Waals surface area contributed by atoms with E-state index in [4.69, 9.17) is 10.6 Å². The molecule has 0 spiro atoms. The van der Waals surface area contributed by atoms with Crippen LogP contribution in [-0.2, 0) is 9.53 Å². The molecule has 0 aliphatic carbocycles. The highest BCUT2D eigenvalue weighted by Crippen LogP contribution is 2.01. The fourth-order valence-corrected chi connectivity index (χ4v) is 1.35. The van der Waals surface area contributed by atoms with Gasteiger partial charge in [-0.2, -0.15) is 0 Å². The Morgan fingerprint density at radius 1 is 1.47 bits per heavy atom. The quantitative estimate of drug-likeness (QED) is 0.344. The predicted octanol–water partition coefficient (Wildman–Crippen LogP) is 0.113. The van der Waals surface area contributed by atoms with Gasteiger partial charge in [-0.3, -0.25) is 15.1 Å². The molecule has 0 fully saturated rings. The summed E-state index contributed by atoms with van der Waals surface area (Å²) in [5.41, 5.74) is 2.13. The Morgan fingerprint density at radius 3 is 2.60 bits per heavy atom. The van der Waals surface area contributed by atoms with Crippen molar-refractivity contribution < 1.29 is 9.53 Å². The van der Waals surface area contributed by atoms with E-state index < -0.39 is 0 Å². The lowest BCUT2D eigenvalue weighted by Gasteiger charge is -2.25. The first-order valence-electron chi connectivity index (χ1n) is 5.34. The van der Waals surface area contributed by atoms with Crippen molar-refractivity contribution in [3.05, 3.63) is 0 Å². The van der Waals surface area contributed by atoms with Gasteiger partial charge in [0, 0.05) is 26.1 Å². The van der Waals surface area contributed by atoms with Gasteiger partial charge in [0.2, 0.25) is 5.91 Å². The van der Waals surface area contributed by atoms with Crippen LogP contribution in [0, 0.1) is 0 Å². The van der Waals surface area contributed by atoms with Gasteiger partial charge < -0.3 is 4.74 Å². The molecule has 0 aromatic carbocycles. The number of nitrogens with zero attached hydrogens (tertiary/aromatic N) is 1. The molecule has 0 atom stereocenters. The Kier molecular flexibility index (Phi) is 8.27. The van der Waals surface area contributed by atoms with E-state index in [1.807, 2.05) is 0 Å². The van der Waals surface area contributed by atoms with Crippen LogP contribution in [0.5, 0.6) is 0 Å². The van der Waals surface area contributed by atoms with Crippen LogP contribution in [0.3, 0.4) is 0 Å². The second kappa shape index (κ2) is 8.64. The van der Waals surface area contributed by atoms with Gasteiger partial charge in [-0.05, 0) is 26.8 Å². The first-order valence-corrected chi connectivity index (χ1v) is 5.34. The van der Waals surface area contributed by atoms with Crippen LogP contribution < -0.4 is 11.3 Å². The summed E-state index contributed by atoms with van der Waals surface area (Å²) in [7, 11) is 1.69. The van der Waals surface area contributed by atoms with Crippen molar-refractivity contribution in [2.75, 3.05) is 26.8 Å². The standard InChI is InChI=1S/C10H23N3O2/c1-9(2)13(7-8-15-3)6-4-5-10(14)12-11/h9H,4-8,11H2,1-3H3,(H,12,14). The molecule has 1 amide bonds. The van der Waals surface area contributed by atoms with Crippen molar-refractivity contribution in [2.24, 2.45) is 5.84 Å². The molecule has 0 aliphatic rings. The van der Waals surface area contributed by atoms with Gasteiger partial charge >= 0.3 is 0 Å². The summed E-state index contributed by atoms with van der Waals surface area (Å²) in [6.45, 7) is 6.80. The number of rotatable bonds is 8. The molecule has 90 valence electrons. The summed E-state index contributed by atoms with van der Waals surface area (Å²) >= 11 is 0. The third kappa shape index (κ3) is 7.30. The number of carbonyl (C=O) groups excluding carboxylic acids is 1. The molecule has 0 rings (SSSR count). The van der Waals surface area contributed by atoms with E-state index in [0.717, 1.165) is 26.1 Å². The monoisotopic (exact) mass is 217 g/mol. The zero-order valence-electron chi connectivity index (χ0n) is 9.95. The smallest absolute Gasteiger partial charge is 0.233 e. The van der Waals surface area contributed by atoms with Crippen LogP contribution in [0.25, 0.3) is 0 Å². The fourth-order valence-electron chi connectivity index (χ4n) is 1.35. The van der Waals surface area contributed by atoms with Crippen LogP contribution in [0.4, 0.5) is 0 Å². The molecular weight excluding hydrogens is 194 g/mol. The van der Waals surface area contributed by atoms with Gasteiger partial charge in [-0.15, -0.1) is 0 Å². The Morgan fingerprint density at radius 2 is 2.13 bits per heavy atom. The molecule has 0 aliphatic heterocycles. The van der Waals surface area contributed by atoms with Crippen LogP contribution in [0.15, 0.2) is 0 Å². The summed E-state index contributed by atoms with van der Waals surface area (Å²) in [5, 5.41) is 0. The number of nitrogens with two attached hydrogens (primary N) is 1. The van der Waals surface area contributed by atoms with Gasteiger partial charge in [0.1, 0.15) is 0 Å². The highest BCUT2D eigenvalue weighted by Gasteiger charge is 2.09. The van der Waals surface area contributed by atoms with E-state index in [9.17, 15) is 4.79 Å². The molecule has 0 bridgehead atoms. The van der Waals surface area contributed by atoms with E-state index in [1.165, 1.54) is 0 Å². The molecule has 15 heavy (non-hydrogen) atoms. The second-order valence-corrected chi connectivity index (χ2v) is 3.79. The van der Waals surface area contributed by atoms with Crippen molar-refractivity contribution in [3.8, 4) is 0 Å². The molecule has 0 saturated carbocycles. The number of methoxy groups -OCH3 is 1. The van der Waals surface area contributed by atoms with Crippen molar-refractivity contribution in [1.29, 1.82) is 0 Å². The second-order valence-electron chi connectivity index (χ2n) is 3.79. The first kappa shape index (κ1) is 14.3. The molecular formula is C10H23N3O2. The van der Waals surface area contributed by atoms with Gasteiger partial charge in [0.25, 0.3) is 0 Å². The Balaban J connectivity index is 3.70. The molecule has 5 nitrogen and oxygen atoms in total. The minimum Gasteiger partial charge on any atom is -0.383 e. The first-order chi connectivity index (χ1) is 7.11. The Bertz CT molecular complexity index is 174. The minimum absolute atomic E-state index is 0.106. The molecule has 3 N–H and O–H groups in total. The lowest BCUT2D eigenvalue weighted by Crippen LogP contribution is -2.36. The van der Waals surface area contributed by atoms with Crippen LogP contribution in [0.2, 0.25) is 0 Å². The summed E-state index contributed by atoms with van der Waals surface area (Å²) < 4.78 is 5.03. The van der Waals surface area contributed by atoms with E-state index in [2.05, 4.69) is 24.2 Å². The third-order valence-corrected chi connectivity index (χ3v) is 2.32. The largest absolute Gasteiger partial charge is 0.383 e. The van der Waals surface area contributed by atoms with Crippen molar-refractivity contribution in [3.63, 3.8) is 0 Å². The van der Waals surface area contributed by atoms with Crippen molar-refractivity contribution in [1.82, 2.24) is 10.3 Å². The summed E-state index contributed by atoms with van der Waals surface area (Å²) in [6.07, 6.45) is 1.30. The van der Waals surface area contributed by atoms with Crippen molar-refractivity contribution in [2.45, 2.75) is 32.7 Å². The van der Waals surface area contributed by atoms with E-state index in [0.29, 0.717) is 12.5 Å². The molecule has 0 saturated heterocycles. The SMILES string of the molecule is COCCN(CCCC(=O)NN)C(C)C. The van der Waals surface area contributed by atoms with E-state index >= 15 is 0 Å². The topological polar surface area (TPSA) is 67.6 Å². The molecule has 0 aromatic rings. The van der Waals surface area contributed by atoms with Gasteiger partial charge in [-0.1, -0.05) is 0 Å². The van der Waals surface area contributed by atoms with Crippen LogP contribution in [-0.4, -0.2) is 43.7 Å². The van der Waals surface area contributed by atoms with Gasteiger partial charge in [-0.25, -0.2) is 5.84 Å². The summed E-state index contributed by atoms with van der Waals surface area (Å²) in [5.74, 6) is 4.89. The number of hydrogen-bond acceptors (Lipinski definition) is 4. The summed E-state index contributed by atoms with van der Waals surface area (Å²) in [6, 6.07) is 0.473. The van der Waals surface area contributed by atoms with Crippen molar-refractivity contribution >= 4 is 5.91 Å².